The van der Waals surface area contributed by atoms with Gasteiger partial charge in [0.25, 0.3) is 0 Å². The van der Waals surface area contributed by atoms with E-state index in [0.717, 1.165) is 25.9 Å². The molecule has 2 aromatic rings. The highest BCUT2D eigenvalue weighted by Gasteiger charge is 2.23. The maximum absolute atomic E-state index is 9.34. The Kier molecular flexibility index (Phi) is 3.21. The van der Waals surface area contributed by atoms with Gasteiger partial charge in [0, 0.05) is 25.5 Å². The summed E-state index contributed by atoms with van der Waals surface area (Å²) in [7, 11) is 0. The average molecular weight is 269 g/mol. The number of nitrogens with zero attached hydrogens (tertiary/aromatic N) is 6. The van der Waals surface area contributed by atoms with Gasteiger partial charge in [-0.05, 0) is 19.3 Å². The molecule has 0 atom stereocenters. The molecule has 102 valence electrons. The van der Waals surface area contributed by atoms with E-state index in [9.17, 15) is 5.26 Å². The molecule has 0 unspecified atom stereocenters. The maximum Gasteiger partial charge on any atom is 0.174 e. The van der Waals surface area contributed by atoms with E-state index in [4.69, 9.17) is 5.73 Å². The van der Waals surface area contributed by atoms with E-state index in [0.29, 0.717) is 23.0 Å². The van der Waals surface area contributed by atoms with Crippen molar-refractivity contribution in [1.82, 2.24) is 19.7 Å². The summed E-state index contributed by atoms with van der Waals surface area (Å²) in [5.74, 6) is 1.48. The molecule has 0 bridgehead atoms. The fourth-order valence-electron chi connectivity index (χ4n) is 2.43. The number of nitrogen functional groups attached to an aromatic ring is 1. The van der Waals surface area contributed by atoms with Crippen molar-refractivity contribution in [2.24, 2.45) is 0 Å². The largest absolute Gasteiger partial charge is 0.382 e. The molecule has 0 radical (unpaired) electrons. The van der Waals surface area contributed by atoms with Crippen LogP contribution in [-0.2, 0) is 0 Å². The van der Waals surface area contributed by atoms with Crippen LogP contribution in [0.25, 0.3) is 5.82 Å². The molecule has 20 heavy (non-hydrogen) atoms. The standard InChI is InChI=1S/C13H15N7/c14-8-10-12(15)20(11-9-16-4-5-17-11)18-13(10)19-6-2-1-3-7-19/h4-5,9H,1-3,6-7,15H2. The van der Waals surface area contributed by atoms with Gasteiger partial charge in [0.2, 0.25) is 0 Å². The monoisotopic (exact) mass is 269 g/mol. The van der Waals surface area contributed by atoms with Crippen LogP contribution < -0.4 is 10.6 Å². The number of nitrogens with two attached hydrogens (primary N) is 1. The number of anilines is 2. The minimum atomic E-state index is 0.313. The van der Waals surface area contributed by atoms with Crippen LogP contribution in [0, 0.1) is 11.3 Å². The number of piperidine rings is 1. The molecule has 2 N–H and O–H groups in total. The van der Waals surface area contributed by atoms with Crippen LogP contribution in [0.1, 0.15) is 24.8 Å². The summed E-state index contributed by atoms with van der Waals surface area (Å²) in [6.45, 7) is 1.82. The van der Waals surface area contributed by atoms with Crippen LogP contribution >= 0.6 is 0 Å². The summed E-state index contributed by atoms with van der Waals surface area (Å²) in [6, 6.07) is 2.15. The van der Waals surface area contributed by atoms with Gasteiger partial charge in [-0.1, -0.05) is 0 Å². The Morgan fingerprint density at radius 1 is 1.20 bits per heavy atom. The first-order chi connectivity index (χ1) is 9.81. The molecule has 7 heteroatoms. The Morgan fingerprint density at radius 2 is 2.00 bits per heavy atom. The number of hydrogen-bond donors (Lipinski definition) is 1. The predicted molar refractivity (Wildman–Crippen MR) is 74.3 cm³/mol. The van der Waals surface area contributed by atoms with E-state index >= 15 is 0 Å². The topological polar surface area (TPSA) is 96.6 Å². The Labute approximate surface area is 116 Å². The van der Waals surface area contributed by atoms with E-state index in [-0.39, 0.29) is 0 Å². The van der Waals surface area contributed by atoms with E-state index < -0.39 is 0 Å². The van der Waals surface area contributed by atoms with Crippen molar-refractivity contribution in [2.45, 2.75) is 19.3 Å². The van der Waals surface area contributed by atoms with Gasteiger partial charge in [0.05, 0.1) is 6.20 Å². The van der Waals surface area contributed by atoms with Crippen molar-refractivity contribution in [3.63, 3.8) is 0 Å². The Hall–Kier alpha value is -2.62. The van der Waals surface area contributed by atoms with Crippen LogP contribution in [0.15, 0.2) is 18.6 Å². The summed E-state index contributed by atoms with van der Waals surface area (Å²) < 4.78 is 1.48. The highest BCUT2D eigenvalue weighted by molar-refractivity contribution is 5.66. The van der Waals surface area contributed by atoms with Gasteiger partial charge in [0.1, 0.15) is 17.5 Å². The Morgan fingerprint density at radius 3 is 2.65 bits per heavy atom. The SMILES string of the molecule is N#Cc1c(N2CCCCC2)nn(-c2cnccn2)c1N. The maximum atomic E-state index is 9.34. The zero-order chi connectivity index (χ0) is 13.9. The molecule has 0 aromatic carbocycles. The number of aromatic nitrogens is 4. The van der Waals surface area contributed by atoms with E-state index in [1.54, 1.807) is 18.6 Å². The first kappa shape index (κ1) is 12.4. The fourth-order valence-corrected chi connectivity index (χ4v) is 2.43. The van der Waals surface area contributed by atoms with Gasteiger partial charge < -0.3 is 10.6 Å². The van der Waals surface area contributed by atoms with Gasteiger partial charge in [-0.2, -0.15) is 9.94 Å². The zero-order valence-corrected chi connectivity index (χ0v) is 11.0. The number of hydrogen-bond acceptors (Lipinski definition) is 6. The second-order valence-electron chi connectivity index (χ2n) is 4.72. The normalized spacial score (nSPS) is 15.1. The molecule has 2 aromatic heterocycles. The summed E-state index contributed by atoms with van der Waals surface area (Å²) in [5.41, 5.74) is 6.45. The number of rotatable bonds is 2. The second kappa shape index (κ2) is 5.17. The van der Waals surface area contributed by atoms with Crippen LogP contribution in [0.5, 0.6) is 0 Å². The molecule has 0 amide bonds. The molecule has 1 fully saturated rings. The van der Waals surface area contributed by atoms with Gasteiger partial charge in [0.15, 0.2) is 11.6 Å². The molecule has 0 saturated carbocycles. The molecule has 3 heterocycles. The van der Waals surface area contributed by atoms with Crippen molar-refractivity contribution in [2.75, 3.05) is 23.7 Å². The van der Waals surface area contributed by atoms with Crippen molar-refractivity contribution >= 4 is 11.6 Å². The lowest BCUT2D eigenvalue weighted by atomic mass is 10.1. The van der Waals surface area contributed by atoms with E-state index in [1.807, 2.05) is 0 Å². The lowest BCUT2D eigenvalue weighted by molar-refractivity contribution is 0.571. The van der Waals surface area contributed by atoms with Crippen molar-refractivity contribution in [1.29, 1.82) is 5.26 Å². The average Bonchev–Trinajstić information content (AvgIpc) is 2.86. The third-order valence-electron chi connectivity index (χ3n) is 3.44. The third-order valence-corrected chi connectivity index (χ3v) is 3.44. The highest BCUT2D eigenvalue weighted by Crippen LogP contribution is 2.28. The predicted octanol–water partition coefficient (Wildman–Crippen LogP) is 1.11. The quantitative estimate of drug-likeness (QED) is 0.877. The van der Waals surface area contributed by atoms with Crippen molar-refractivity contribution in [3.05, 3.63) is 24.2 Å². The van der Waals surface area contributed by atoms with Crippen LogP contribution in [0.4, 0.5) is 11.6 Å². The Bertz CT molecular complexity index is 635. The van der Waals surface area contributed by atoms with Crippen LogP contribution in [0.3, 0.4) is 0 Å². The molecular weight excluding hydrogens is 254 g/mol. The van der Waals surface area contributed by atoms with E-state index in [1.165, 1.54) is 11.1 Å². The van der Waals surface area contributed by atoms with E-state index in [2.05, 4.69) is 26.0 Å². The molecule has 1 saturated heterocycles. The Balaban J connectivity index is 2.05. The first-order valence-corrected chi connectivity index (χ1v) is 6.61. The van der Waals surface area contributed by atoms with Crippen LogP contribution in [0.2, 0.25) is 0 Å². The minimum absolute atomic E-state index is 0.313. The molecular formula is C13H15N7. The first-order valence-electron chi connectivity index (χ1n) is 6.61. The van der Waals surface area contributed by atoms with Gasteiger partial charge in [-0.25, -0.2) is 4.98 Å². The minimum Gasteiger partial charge on any atom is -0.382 e. The molecule has 0 aliphatic carbocycles. The molecule has 7 nitrogen and oxygen atoms in total. The molecule has 1 aliphatic heterocycles. The highest BCUT2D eigenvalue weighted by atomic mass is 15.4. The molecule has 3 rings (SSSR count). The van der Waals surface area contributed by atoms with Crippen molar-refractivity contribution < 1.29 is 0 Å². The summed E-state index contributed by atoms with van der Waals surface area (Å²) in [4.78, 5) is 10.3. The summed E-state index contributed by atoms with van der Waals surface area (Å²) >= 11 is 0. The summed E-state index contributed by atoms with van der Waals surface area (Å²) in [6.07, 6.45) is 8.18. The van der Waals surface area contributed by atoms with Crippen molar-refractivity contribution in [3.8, 4) is 11.9 Å². The van der Waals surface area contributed by atoms with Gasteiger partial charge in [-0.3, -0.25) is 4.98 Å². The summed E-state index contributed by atoms with van der Waals surface area (Å²) in [5, 5.41) is 13.8. The fraction of sp³-hybridized carbons (Fsp3) is 0.385. The van der Waals surface area contributed by atoms with Crippen LogP contribution in [-0.4, -0.2) is 32.8 Å². The lowest BCUT2D eigenvalue weighted by Gasteiger charge is -2.26. The molecule has 0 spiro atoms. The lowest BCUT2D eigenvalue weighted by Crippen LogP contribution is -2.30. The van der Waals surface area contributed by atoms with Gasteiger partial charge in [-0.15, -0.1) is 5.10 Å². The zero-order valence-electron chi connectivity index (χ0n) is 11.0. The molecule has 1 aliphatic rings. The van der Waals surface area contributed by atoms with Gasteiger partial charge >= 0.3 is 0 Å². The smallest absolute Gasteiger partial charge is 0.174 e. The number of nitriles is 1. The second-order valence-corrected chi connectivity index (χ2v) is 4.72. The third kappa shape index (κ3) is 2.05.